The van der Waals surface area contributed by atoms with Crippen LogP contribution in [0.3, 0.4) is 0 Å². The number of amides is 1. The first-order valence-corrected chi connectivity index (χ1v) is 8.42. The van der Waals surface area contributed by atoms with Crippen LogP contribution in [0.15, 0.2) is 29.4 Å². The number of benzene rings is 1. The van der Waals surface area contributed by atoms with Gasteiger partial charge in [0.1, 0.15) is 0 Å². The van der Waals surface area contributed by atoms with Gasteiger partial charge in [-0.1, -0.05) is 44.7 Å². The number of para-hydroxylation sites is 1. The number of nitrogens with zero attached hydrogens (tertiary/aromatic N) is 3. The fourth-order valence-corrected chi connectivity index (χ4v) is 2.76. The van der Waals surface area contributed by atoms with Gasteiger partial charge in [-0.15, -0.1) is 10.2 Å². The van der Waals surface area contributed by atoms with Crippen molar-refractivity contribution in [2.24, 2.45) is 0 Å². The number of rotatable bonds is 5. The molecule has 0 unspecified atom stereocenters. The maximum Gasteiger partial charge on any atom is 0.234 e. The van der Waals surface area contributed by atoms with Crippen LogP contribution in [-0.2, 0) is 10.2 Å². The Hall–Kier alpha value is -2.35. The van der Waals surface area contributed by atoms with Crippen molar-refractivity contribution >= 4 is 29.1 Å². The molecule has 128 valence electrons. The van der Waals surface area contributed by atoms with Gasteiger partial charge in [0.15, 0.2) is 11.6 Å². The van der Waals surface area contributed by atoms with Gasteiger partial charge in [-0.05, 0) is 19.1 Å². The zero-order chi connectivity index (χ0) is 17.9. The number of Topliss-reactive ketones (excluding diaryl/α,β-unsaturated/α-hetero) is 1. The molecule has 24 heavy (non-hydrogen) atoms. The summed E-state index contributed by atoms with van der Waals surface area (Å²) in [5, 5.41) is 11.3. The number of hydrogen-bond acceptors (Lipinski definition) is 6. The highest BCUT2D eigenvalue weighted by Crippen LogP contribution is 2.23. The van der Waals surface area contributed by atoms with Crippen molar-refractivity contribution in [2.45, 2.75) is 38.3 Å². The third-order valence-corrected chi connectivity index (χ3v) is 4.19. The predicted molar refractivity (Wildman–Crippen MR) is 94.7 cm³/mol. The smallest absolute Gasteiger partial charge is 0.234 e. The molecule has 0 saturated heterocycles. The summed E-state index contributed by atoms with van der Waals surface area (Å²) in [7, 11) is 0. The van der Waals surface area contributed by atoms with Crippen LogP contribution >= 0.6 is 11.8 Å². The summed E-state index contributed by atoms with van der Waals surface area (Å²) in [4.78, 5) is 23.7. The fourth-order valence-electron chi connectivity index (χ4n) is 2.10. The second-order valence-corrected chi connectivity index (χ2v) is 7.31. The van der Waals surface area contributed by atoms with Gasteiger partial charge in [0.05, 0.1) is 11.4 Å². The first kappa shape index (κ1) is 18.0. The highest BCUT2D eigenvalue weighted by atomic mass is 32.2. The summed E-state index contributed by atoms with van der Waals surface area (Å²) < 4.78 is 1.40. The minimum Gasteiger partial charge on any atom is -0.336 e. The molecule has 0 atom stereocenters. The van der Waals surface area contributed by atoms with Crippen molar-refractivity contribution in [3.05, 3.63) is 35.7 Å². The maximum atomic E-state index is 12.1. The topological polar surface area (TPSA) is 103 Å². The maximum absolute atomic E-state index is 12.1. The Bertz CT molecular complexity index is 764. The molecule has 0 aliphatic carbocycles. The molecule has 1 heterocycles. The van der Waals surface area contributed by atoms with Gasteiger partial charge < -0.3 is 11.2 Å². The molecule has 7 nitrogen and oxygen atoms in total. The van der Waals surface area contributed by atoms with E-state index in [0.29, 0.717) is 22.2 Å². The minimum absolute atomic E-state index is 0.102. The Kier molecular flexibility index (Phi) is 5.28. The van der Waals surface area contributed by atoms with Crippen LogP contribution in [-0.4, -0.2) is 32.3 Å². The average Bonchev–Trinajstić information content (AvgIpc) is 2.86. The van der Waals surface area contributed by atoms with Crippen molar-refractivity contribution in [2.75, 3.05) is 16.9 Å². The van der Waals surface area contributed by atoms with Crippen LogP contribution in [0, 0.1) is 0 Å². The van der Waals surface area contributed by atoms with E-state index in [-0.39, 0.29) is 22.9 Å². The number of ketones is 1. The van der Waals surface area contributed by atoms with Gasteiger partial charge in [-0.2, -0.15) is 0 Å². The second-order valence-electron chi connectivity index (χ2n) is 6.36. The van der Waals surface area contributed by atoms with Crippen molar-refractivity contribution in [3.63, 3.8) is 0 Å². The van der Waals surface area contributed by atoms with Gasteiger partial charge in [0.2, 0.25) is 11.1 Å². The van der Waals surface area contributed by atoms with Gasteiger partial charge in [-0.25, -0.2) is 4.68 Å². The first-order chi connectivity index (χ1) is 11.2. The van der Waals surface area contributed by atoms with Gasteiger partial charge in [0, 0.05) is 11.0 Å². The number of carbonyl (C=O) groups is 2. The Morgan fingerprint density at radius 3 is 2.50 bits per heavy atom. The molecule has 1 aromatic heterocycles. The predicted octanol–water partition coefficient (Wildman–Crippen LogP) is 2.22. The summed E-state index contributed by atoms with van der Waals surface area (Å²) in [6, 6.07) is 6.90. The molecule has 1 amide bonds. The van der Waals surface area contributed by atoms with E-state index >= 15 is 0 Å². The Morgan fingerprint density at radius 2 is 1.92 bits per heavy atom. The largest absolute Gasteiger partial charge is 0.336 e. The lowest BCUT2D eigenvalue weighted by molar-refractivity contribution is -0.113. The number of nitrogens with two attached hydrogens (primary N) is 1. The lowest BCUT2D eigenvalue weighted by Crippen LogP contribution is -2.24. The molecule has 0 aliphatic rings. The lowest BCUT2D eigenvalue weighted by Gasteiger charge is -2.16. The molecule has 1 aromatic carbocycles. The number of hydrogen-bond donors (Lipinski definition) is 2. The van der Waals surface area contributed by atoms with Crippen LogP contribution in [0.4, 0.5) is 5.69 Å². The molecule has 0 bridgehead atoms. The number of aromatic nitrogens is 3. The molecule has 0 radical (unpaired) electrons. The molecule has 2 rings (SSSR count). The number of nitrogen functional groups attached to an aromatic ring is 1. The zero-order valence-corrected chi connectivity index (χ0v) is 15.0. The SMILES string of the molecule is CC(=O)c1ccccc1NC(=O)CSc1nnc(C(C)(C)C)n1N. The van der Waals surface area contributed by atoms with Crippen LogP contribution < -0.4 is 11.2 Å². The molecule has 2 aromatic rings. The van der Waals surface area contributed by atoms with Gasteiger partial charge in [0.25, 0.3) is 0 Å². The van der Waals surface area contributed by atoms with Gasteiger partial charge in [-0.3, -0.25) is 9.59 Å². The van der Waals surface area contributed by atoms with E-state index in [2.05, 4.69) is 15.5 Å². The normalized spacial score (nSPS) is 11.3. The summed E-state index contributed by atoms with van der Waals surface area (Å²) in [5.74, 6) is 6.41. The van der Waals surface area contributed by atoms with E-state index in [1.807, 2.05) is 20.8 Å². The molecule has 3 N–H and O–H groups in total. The summed E-state index contributed by atoms with van der Waals surface area (Å²) in [5.41, 5.74) is 0.747. The lowest BCUT2D eigenvalue weighted by atomic mass is 9.96. The van der Waals surface area contributed by atoms with Crippen LogP contribution in [0.1, 0.15) is 43.9 Å². The summed E-state index contributed by atoms with van der Waals surface area (Å²) >= 11 is 1.19. The Labute approximate surface area is 145 Å². The minimum atomic E-state index is -0.242. The summed E-state index contributed by atoms with van der Waals surface area (Å²) in [6.07, 6.45) is 0. The molecule has 8 heteroatoms. The average molecular weight is 347 g/mol. The van der Waals surface area contributed by atoms with E-state index in [4.69, 9.17) is 5.84 Å². The van der Waals surface area contributed by atoms with E-state index < -0.39 is 0 Å². The van der Waals surface area contributed by atoms with Gasteiger partial charge >= 0.3 is 0 Å². The van der Waals surface area contributed by atoms with Crippen LogP contribution in [0.5, 0.6) is 0 Å². The molecule has 0 saturated carbocycles. The number of thioether (sulfide) groups is 1. The third-order valence-electron chi connectivity index (χ3n) is 3.25. The quantitative estimate of drug-likeness (QED) is 0.488. The Balaban J connectivity index is 2.02. The van der Waals surface area contributed by atoms with Crippen molar-refractivity contribution in [1.82, 2.24) is 14.9 Å². The second kappa shape index (κ2) is 7.04. The van der Waals surface area contributed by atoms with Crippen molar-refractivity contribution in [1.29, 1.82) is 0 Å². The third kappa shape index (κ3) is 4.14. The van der Waals surface area contributed by atoms with Crippen molar-refractivity contribution in [3.8, 4) is 0 Å². The van der Waals surface area contributed by atoms with E-state index in [0.717, 1.165) is 0 Å². The monoisotopic (exact) mass is 347 g/mol. The fraction of sp³-hybridized carbons (Fsp3) is 0.375. The molecule has 0 aliphatic heterocycles. The summed E-state index contributed by atoms with van der Waals surface area (Å²) in [6.45, 7) is 7.42. The van der Waals surface area contributed by atoms with E-state index in [1.165, 1.54) is 23.4 Å². The first-order valence-electron chi connectivity index (χ1n) is 7.43. The number of nitrogens with one attached hydrogen (secondary N) is 1. The highest BCUT2D eigenvalue weighted by molar-refractivity contribution is 7.99. The number of anilines is 1. The van der Waals surface area contributed by atoms with Crippen LogP contribution in [0.2, 0.25) is 0 Å². The van der Waals surface area contributed by atoms with E-state index in [9.17, 15) is 9.59 Å². The zero-order valence-electron chi connectivity index (χ0n) is 14.2. The van der Waals surface area contributed by atoms with Crippen molar-refractivity contribution < 1.29 is 9.59 Å². The van der Waals surface area contributed by atoms with Crippen LogP contribution in [0.25, 0.3) is 0 Å². The standard InChI is InChI=1S/C16H21N5O2S/c1-10(22)11-7-5-6-8-12(11)18-13(23)9-24-15-20-19-14(21(15)17)16(2,3)4/h5-8H,9,17H2,1-4H3,(H,18,23). The molecule has 0 fully saturated rings. The molecular weight excluding hydrogens is 326 g/mol. The number of carbonyl (C=O) groups excluding carboxylic acids is 2. The van der Waals surface area contributed by atoms with E-state index in [1.54, 1.807) is 24.3 Å². The Morgan fingerprint density at radius 1 is 1.25 bits per heavy atom. The molecule has 0 spiro atoms. The highest BCUT2D eigenvalue weighted by Gasteiger charge is 2.23. The molecular formula is C16H21N5O2S.